The van der Waals surface area contributed by atoms with Gasteiger partial charge in [0.2, 0.25) is 5.88 Å². The second-order valence-corrected chi connectivity index (χ2v) is 11.0. The Hall–Kier alpha value is -3.07. The molecule has 9 heteroatoms. The lowest BCUT2D eigenvalue weighted by Crippen LogP contribution is -2.24. The van der Waals surface area contributed by atoms with E-state index in [-0.39, 0.29) is 34.2 Å². The van der Waals surface area contributed by atoms with Gasteiger partial charge in [0.15, 0.2) is 0 Å². The maximum atomic E-state index is 13.7. The first-order valence-corrected chi connectivity index (χ1v) is 12.8. The van der Waals surface area contributed by atoms with Crippen LogP contribution in [0.3, 0.4) is 0 Å². The van der Waals surface area contributed by atoms with Gasteiger partial charge in [0.1, 0.15) is 22.4 Å². The van der Waals surface area contributed by atoms with E-state index in [9.17, 15) is 22.0 Å². The van der Waals surface area contributed by atoms with Crippen molar-refractivity contribution in [2.45, 2.75) is 71.1 Å². The van der Waals surface area contributed by atoms with Gasteiger partial charge in [-0.25, -0.2) is 8.78 Å². The fraction of sp³-hybridized carbons (Fsp3) is 0.385. The number of halogens is 2. The Kier molecular flexibility index (Phi) is 7.50. The summed E-state index contributed by atoms with van der Waals surface area (Å²) in [5, 5.41) is 0. The molecule has 0 spiro atoms. The Morgan fingerprint density at radius 3 is 1.77 bits per heavy atom. The lowest BCUT2D eigenvalue weighted by Gasteiger charge is -2.22. The number of rotatable bonds is 7. The fourth-order valence-corrected chi connectivity index (χ4v) is 5.49. The summed E-state index contributed by atoms with van der Waals surface area (Å²) in [6, 6.07) is 7.30. The van der Waals surface area contributed by atoms with E-state index < -0.39 is 33.2 Å². The molecule has 1 heterocycles. The van der Waals surface area contributed by atoms with Crippen LogP contribution in [0.2, 0.25) is 0 Å². The van der Waals surface area contributed by atoms with Crippen LogP contribution in [0.15, 0.2) is 46.1 Å². The van der Waals surface area contributed by atoms with Crippen LogP contribution in [-0.2, 0) is 10.1 Å². The summed E-state index contributed by atoms with van der Waals surface area (Å²) in [5.41, 5.74) is 1.46. The Balaban J connectivity index is 2.14. The number of nitrogens with zero attached hydrogens (tertiary/aromatic N) is 2. The lowest BCUT2D eigenvalue weighted by atomic mass is 9.89. The summed E-state index contributed by atoms with van der Waals surface area (Å²) >= 11 is 0. The molecule has 35 heavy (non-hydrogen) atoms. The average Bonchev–Trinajstić information content (AvgIpc) is 2.71. The van der Waals surface area contributed by atoms with Gasteiger partial charge in [-0.05, 0) is 53.5 Å². The lowest BCUT2D eigenvalue weighted by molar-refractivity contribution is 0.469. The standard InChI is InChI=1S/C26H30F2N2O4S/c1-14(2)18-8-22(15(3)4)26(23(9-18)16(5)6)35(32,33)34-24-13-25(31)30(17(7)29-24)21-11-19(27)10-20(28)12-21/h8-16H,1-7H3. The first kappa shape index (κ1) is 26.5. The molecule has 6 nitrogen and oxygen atoms in total. The van der Waals surface area contributed by atoms with Gasteiger partial charge in [0.05, 0.1) is 11.8 Å². The van der Waals surface area contributed by atoms with Crippen molar-refractivity contribution in [1.82, 2.24) is 9.55 Å². The summed E-state index contributed by atoms with van der Waals surface area (Å²) in [4.78, 5) is 16.9. The number of hydrogen-bond acceptors (Lipinski definition) is 5. The zero-order valence-electron chi connectivity index (χ0n) is 20.9. The van der Waals surface area contributed by atoms with Crippen LogP contribution in [-0.4, -0.2) is 18.0 Å². The maximum Gasteiger partial charge on any atom is 0.341 e. The molecule has 0 unspecified atom stereocenters. The molecule has 0 aliphatic carbocycles. The third kappa shape index (κ3) is 5.61. The second kappa shape index (κ2) is 9.89. The molecule has 3 rings (SSSR count). The highest BCUT2D eigenvalue weighted by Crippen LogP contribution is 2.36. The molecule has 0 N–H and O–H groups in total. The number of benzene rings is 2. The first-order chi connectivity index (χ1) is 16.2. The van der Waals surface area contributed by atoms with Crippen LogP contribution in [0.4, 0.5) is 8.78 Å². The number of aromatic nitrogens is 2. The van der Waals surface area contributed by atoms with Crippen LogP contribution in [0.1, 0.15) is 81.8 Å². The van der Waals surface area contributed by atoms with Crippen molar-refractivity contribution < 1.29 is 21.4 Å². The third-order valence-electron chi connectivity index (χ3n) is 5.69. The SMILES string of the molecule is Cc1nc(OS(=O)(=O)c2c(C(C)C)cc(C(C)C)cc2C(C)C)cc(=O)n1-c1cc(F)cc(F)c1. The highest BCUT2D eigenvalue weighted by molar-refractivity contribution is 7.87. The van der Waals surface area contributed by atoms with Crippen molar-refractivity contribution in [3.8, 4) is 11.6 Å². The van der Waals surface area contributed by atoms with E-state index in [1.165, 1.54) is 6.92 Å². The highest BCUT2D eigenvalue weighted by atomic mass is 32.2. The van der Waals surface area contributed by atoms with E-state index in [4.69, 9.17) is 4.18 Å². The van der Waals surface area contributed by atoms with E-state index >= 15 is 0 Å². The molecule has 0 atom stereocenters. The Labute approximate surface area is 204 Å². The molecule has 2 aromatic carbocycles. The van der Waals surface area contributed by atoms with Gasteiger partial charge >= 0.3 is 10.1 Å². The van der Waals surface area contributed by atoms with Crippen molar-refractivity contribution in [1.29, 1.82) is 0 Å². The molecular formula is C26H30F2N2O4S. The zero-order chi connectivity index (χ0) is 26.2. The first-order valence-electron chi connectivity index (χ1n) is 11.4. The largest absolute Gasteiger partial charge is 0.358 e. The summed E-state index contributed by atoms with van der Waals surface area (Å²) < 4.78 is 60.7. The van der Waals surface area contributed by atoms with Crippen LogP contribution in [0.5, 0.6) is 5.88 Å². The van der Waals surface area contributed by atoms with Gasteiger partial charge in [-0.1, -0.05) is 53.7 Å². The maximum absolute atomic E-state index is 13.7. The van der Waals surface area contributed by atoms with E-state index in [1.807, 2.05) is 53.7 Å². The Morgan fingerprint density at radius 2 is 1.34 bits per heavy atom. The van der Waals surface area contributed by atoms with Crippen LogP contribution < -0.4 is 9.74 Å². The minimum absolute atomic E-state index is 0.0102. The fourth-order valence-electron chi connectivity index (χ4n) is 3.93. The van der Waals surface area contributed by atoms with Gasteiger partial charge in [-0.3, -0.25) is 9.36 Å². The highest BCUT2D eigenvalue weighted by Gasteiger charge is 2.29. The second-order valence-electron chi connectivity index (χ2n) is 9.47. The summed E-state index contributed by atoms with van der Waals surface area (Å²) in [7, 11) is -4.36. The van der Waals surface area contributed by atoms with Gasteiger partial charge in [0, 0.05) is 6.07 Å². The molecule has 0 fully saturated rings. The topological polar surface area (TPSA) is 78.3 Å². The molecule has 0 radical (unpaired) electrons. The monoisotopic (exact) mass is 504 g/mol. The molecule has 0 saturated heterocycles. The van der Waals surface area contributed by atoms with E-state index in [0.29, 0.717) is 17.2 Å². The van der Waals surface area contributed by atoms with Gasteiger partial charge in [-0.2, -0.15) is 13.4 Å². The van der Waals surface area contributed by atoms with Gasteiger partial charge in [-0.15, -0.1) is 0 Å². The molecule has 1 aromatic heterocycles. The van der Waals surface area contributed by atoms with E-state index in [0.717, 1.165) is 28.3 Å². The molecule has 0 bridgehead atoms. The van der Waals surface area contributed by atoms with Crippen molar-refractivity contribution in [2.24, 2.45) is 0 Å². The van der Waals surface area contributed by atoms with Crippen molar-refractivity contribution in [3.63, 3.8) is 0 Å². The predicted molar refractivity (Wildman–Crippen MR) is 131 cm³/mol. The van der Waals surface area contributed by atoms with Gasteiger partial charge in [0.25, 0.3) is 5.56 Å². The van der Waals surface area contributed by atoms with Crippen molar-refractivity contribution >= 4 is 10.1 Å². The zero-order valence-corrected chi connectivity index (χ0v) is 21.7. The van der Waals surface area contributed by atoms with Crippen molar-refractivity contribution in [3.05, 3.63) is 80.9 Å². The molecular weight excluding hydrogens is 474 g/mol. The molecule has 0 saturated carbocycles. The van der Waals surface area contributed by atoms with Crippen LogP contribution in [0, 0.1) is 18.6 Å². The van der Waals surface area contributed by atoms with Crippen molar-refractivity contribution in [2.75, 3.05) is 0 Å². The third-order valence-corrected chi connectivity index (χ3v) is 7.05. The molecule has 0 amide bonds. The molecule has 188 valence electrons. The minimum Gasteiger partial charge on any atom is -0.358 e. The Morgan fingerprint density at radius 1 is 0.829 bits per heavy atom. The molecule has 3 aromatic rings. The Bertz CT molecular complexity index is 1380. The summed E-state index contributed by atoms with van der Waals surface area (Å²) in [6.07, 6.45) is 0. The summed E-state index contributed by atoms with van der Waals surface area (Å²) in [5.74, 6) is -2.14. The van der Waals surface area contributed by atoms with E-state index in [2.05, 4.69) is 4.98 Å². The predicted octanol–water partition coefficient (Wildman–Crippen LogP) is 5.96. The number of aryl methyl sites for hydroxylation is 1. The molecule has 0 aliphatic rings. The van der Waals surface area contributed by atoms with Crippen LogP contribution in [0.25, 0.3) is 5.69 Å². The average molecular weight is 505 g/mol. The number of hydrogen-bond donors (Lipinski definition) is 0. The van der Waals surface area contributed by atoms with Crippen LogP contribution >= 0.6 is 0 Å². The minimum atomic E-state index is -4.36. The smallest absolute Gasteiger partial charge is 0.341 e. The summed E-state index contributed by atoms with van der Waals surface area (Å²) in [6.45, 7) is 13.1. The van der Waals surface area contributed by atoms with Gasteiger partial charge < -0.3 is 4.18 Å². The van der Waals surface area contributed by atoms with E-state index in [1.54, 1.807) is 0 Å². The molecule has 0 aliphatic heterocycles. The normalized spacial score (nSPS) is 12.1. The quantitative estimate of drug-likeness (QED) is 0.371.